The fourth-order valence-corrected chi connectivity index (χ4v) is 1.14. The second-order valence-electron chi connectivity index (χ2n) is 2.66. The van der Waals surface area contributed by atoms with Gasteiger partial charge in [-0.2, -0.15) is 5.10 Å². The van der Waals surface area contributed by atoms with Crippen LogP contribution < -0.4 is 11.3 Å². The molecule has 72 valence electrons. The Morgan fingerprint density at radius 3 is 2.85 bits per heavy atom. The second kappa shape index (κ2) is 4.04. The molecule has 5 heteroatoms. The van der Waals surface area contributed by atoms with E-state index in [4.69, 9.17) is 5.84 Å². The monoisotopic (exact) mass is 182 g/mol. The normalized spacial score (nSPS) is 10.1. The smallest absolute Gasteiger partial charge is 0.283 e. The minimum atomic E-state index is -0.297. The molecule has 0 radical (unpaired) electrons. The van der Waals surface area contributed by atoms with Crippen molar-refractivity contribution in [3.05, 3.63) is 17.5 Å². The molecule has 3 N–H and O–H groups in total. The van der Waals surface area contributed by atoms with Crippen molar-refractivity contribution in [3.63, 3.8) is 0 Å². The highest BCUT2D eigenvalue weighted by Crippen LogP contribution is 2.04. The summed E-state index contributed by atoms with van der Waals surface area (Å²) in [6.45, 7) is 4.59. The summed E-state index contributed by atoms with van der Waals surface area (Å²) < 4.78 is 1.64. The summed E-state index contributed by atoms with van der Waals surface area (Å²) in [4.78, 5) is 11.2. The van der Waals surface area contributed by atoms with Crippen LogP contribution in [0.3, 0.4) is 0 Å². The molecule has 0 bridgehead atoms. The number of carbonyl (C=O) groups excluding carboxylic acids is 1. The Morgan fingerprint density at radius 2 is 2.38 bits per heavy atom. The van der Waals surface area contributed by atoms with E-state index in [0.29, 0.717) is 12.2 Å². The highest BCUT2D eigenvalue weighted by Gasteiger charge is 2.11. The number of rotatable bonds is 3. The van der Waals surface area contributed by atoms with Gasteiger partial charge >= 0.3 is 0 Å². The van der Waals surface area contributed by atoms with E-state index in [-0.39, 0.29) is 5.91 Å². The van der Waals surface area contributed by atoms with Crippen LogP contribution in [-0.2, 0) is 13.0 Å². The fourth-order valence-electron chi connectivity index (χ4n) is 1.14. The Hall–Kier alpha value is -1.36. The lowest BCUT2D eigenvalue weighted by Crippen LogP contribution is -2.31. The molecule has 0 aromatic carbocycles. The molecule has 0 aliphatic rings. The van der Waals surface area contributed by atoms with Crippen molar-refractivity contribution in [3.8, 4) is 0 Å². The number of carbonyl (C=O) groups is 1. The molecule has 1 aromatic rings. The molecule has 0 atom stereocenters. The van der Waals surface area contributed by atoms with Gasteiger partial charge in [0.05, 0.1) is 5.69 Å². The maximum absolute atomic E-state index is 11.2. The molecular formula is C8H14N4O. The molecule has 0 aliphatic heterocycles. The third kappa shape index (κ3) is 1.86. The van der Waals surface area contributed by atoms with Gasteiger partial charge in [0.1, 0.15) is 5.69 Å². The molecule has 5 nitrogen and oxygen atoms in total. The van der Waals surface area contributed by atoms with Gasteiger partial charge in [0.2, 0.25) is 0 Å². The molecular weight excluding hydrogens is 168 g/mol. The van der Waals surface area contributed by atoms with E-state index in [1.807, 2.05) is 13.8 Å². The summed E-state index contributed by atoms with van der Waals surface area (Å²) >= 11 is 0. The number of aryl methyl sites for hydroxylation is 2. The van der Waals surface area contributed by atoms with Crippen molar-refractivity contribution in [2.24, 2.45) is 5.84 Å². The average Bonchev–Trinajstić information content (AvgIpc) is 2.59. The van der Waals surface area contributed by atoms with Crippen LogP contribution in [0.25, 0.3) is 0 Å². The van der Waals surface area contributed by atoms with Crippen LogP contribution in [0, 0.1) is 0 Å². The number of nitrogen functional groups attached to an aromatic ring is 1. The minimum Gasteiger partial charge on any atom is -0.289 e. The quantitative estimate of drug-likeness (QED) is 0.394. The van der Waals surface area contributed by atoms with E-state index in [1.54, 1.807) is 10.7 Å². The first kappa shape index (κ1) is 9.73. The Morgan fingerprint density at radius 1 is 1.69 bits per heavy atom. The molecule has 0 aliphatic carbocycles. The number of nitrogens with two attached hydrogens (primary N) is 1. The number of hydrogen-bond acceptors (Lipinski definition) is 3. The summed E-state index contributed by atoms with van der Waals surface area (Å²) in [6.07, 6.45) is 0.817. The predicted molar refractivity (Wildman–Crippen MR) is 48.9 cm³/mol. The first-order chi connectivity index (χ1) is 6.22. The van der Waals surface area contributed by atoms with E-state index >= 15 is 0 Å². The van der Waals surface area contributed by atoms with E-state index < -0.39 is 0 Å². The van der Waals surface area contributed by atoms with Crippen molar-refractivity contribution in [2.75, 3.05) is 0 Å². The van der Waals surface area contributed by atoms with Crippen LogP contribution in [0.5, 0.6) is 0 Å². The van der Waals surface area contributed by atoms with Crippen molar-refractivity contribution < 1.29 is 4.79 Å². The first-order valence-electron chi connectivity index (χ1n) is 4.30. The van der Waals surface area contributed by atoms with E-state index in [1.165, 1.54) is 0 Å². The van der Waals surface area contributed by atoms with Gasteiger partial charge in [-0.1, -0.05) is 6.92 Å². The minimum absolute atomic E-state index is 0.297. The Labute approximate surface area is 76.9 Å². The van der Waals surface area contributed by atoms with Gasteiger partial charge in [0.15, 0.2) is 0 Å². The van der Waals surface area contributed by atoms with Crippen molar-refractivity contribution in [1.29, 1.82) is 0 Å². The second-order valence-corrected chi connectivity index (χ2v) is 2.66. The van der Waals surface area contributed by atoms with Gasteiger partial charge in [0.25, 0.3) is 5.91 Å². The molecule has 13 heavy (non-hydrogen) atoms. The lowest BCUT2D eigenvalue weighted by Gasteiger charge is -2.01. The molecule has 1 heterocycles. The SMILES string of the molecule is CCc1cc(C(=O)NN)n(CC)n1. The molecule has 0 spiro atoms. The third-order valence-corrected chi connectivity index (χ3v) is 1.86. The van der Waals surface area contributed by atoms with Crippen LogP contribution in [0.1, 0.15) is 30.0 Å². The molecule has 1 rings (SSSR count). The number of nitrogens with one attached hydrogen (secondary N) is 1. The predicted octanol–water partition coefficient (Wildman–Crippen LogP) is 0.0689. The number of aromatic nitrogens is 2. The van der Waals surface area contributed by atoms with Gasteiger partial charge < -0.3 is 0 Å². The van der Waals surface area contributed by atoms with Crippen LogP contribution in [0.15, 0.2) is 6.07 Å². The van der Waals surface area contributed by atoms with Gasteiger partial charge in [-0.3, -0.25) is 14.9 Å². The standard InChI is InChI=1S/C8H14N4O/c1-3-6-5-7(8(13)10-9)12(4-2)11-6/h5H,3-4,9H2,1-2H3,(H,10,13). The van der Waals surface area contributed by atoms with Gasteiger partial charge in [-0.25, -0.2) is 5.84 Å². The Bertz CT molecular complexity index is 305. The zero-order valence-corrected chi connectivity index (χ0v) is 7.87. The van der Waals surface area contributed by atoms with Crippen molar-refractivity contribution in [1.82, 2.24) is 15.2 Å². The number of hydrogen-bond donors (Lipinski definition) is 2. The number of amides is 1. The zero-order valence-electron chi connectivity index (χ0n) is 7.87. The van der Waals surface area contributed by atoms with Crippen molar-refractivity contribution >= 4 is 5.91 Å². The zero-order chi connectivity index (χ0) is 9.84. The van der Waals surface area contributed by atoms with E-state index in [9.17, 15) is 4.79 Å². The largest absolute Gasteiger partial charge is 0.289 e. The van der Waals surface area contributed by atoms with Gasteiger partial charge in [0, 0.05) is 6.54 Å². The molecule has 1 aromatic heterocycles. The summed E-state index contributed by atoms with van der Waals surface area (Å²) in [5.74, 6) is 4.74. The van der Waals surface area contributed by atoms with Crippen LogP contribution in [0.2, 0.25) is 0 Å². The summed E-state index contributed by atoms with van der Waals surface area (Å²) in [7, 11) is 0. The van der Waals surface area contributed by atoms with Gasteiger partial charge in [-0.05, 0) is 19.4 Å². The van der Waals surface area contributed by atoms with Crippen LogP contribution >= 0.6 is 0 Å². The maximum Gasteiger partial charge on any atom is 0.283 e. The topological polar surface area (TPSA) is 72.9 Å². The third-order valence-electron chi connectivity index (χ3n) is 1.86. The molecule has 1 amide bonds. The fraction of sp³-hybridized carbons (Fsp3) is 0.500. The van der Waals surface area contributed by atoms with Crippen LogP contribution in [0.4, 0.5) is 0 Å². The Kier molecular flexibility index (Phi) is 3.02. The summed E-state index contributed by atoms with van der Waals surface area (Å²) in [6, 6.07) is 1.76. The summed E-state index contributed by atoms with van der Waals surface area (Å²) in [5, 5.41) is 4.22. The molecule has 0 fully saturated rings. The van der Waals surface area contributed by atoms with Crippen molar-refractivity contribution in [2.45, 2.75) is 26.8 Å². The van der Waals surface area contributed by atoms with Crippen LogP contribution in [-0.4, -0.2) is 15.7 Å². The summed E-state index contributed by atoms with van der Waals surface area (Å²) in [5.41, 5.74) is 3.51. The molecule has 0 unspecified atom stereocenters. The highest BCUT2D eigenvalue weighted by molar-refractivity contribution is 5.92. The van der Waals surface area contributed by atoms with E-state index in [2.05, 4.69) is 10.5 Å². The lowest BCUT2D eigenvalue weighted by molar-refractivity contribution is 0.0943. The maximum atomic E-state index is 11.2. The van der Waals surface area contributed by atoms with Gasteiger partial charge in [-0.15, -0.1) is 0 Å². The average molecular weight is 182 g/mol. The number of hydrazine groups is 1. The molecule has 0 saturated carbocycles. The van der Waals surface area contributed by atoms with E-state index in [0.717, 1.165) is 12.1 Å². The molecule has 0 saturated heterocycles. The Balaban J connectivity index is 3.03. The first-order valence-corrected chi connectivity index (χ1v) is 4.30. The highest BCUT2D eigenvalue weighted by atomic mass is 16.2. The lowest BCUT2D eigenvalue weighted by atomic mass is 10.3. The number of nitrogens with zero attached hydrogens (tertiary/aromatic N) is 2.